The molecule has 2 heterocycles. The number of rotatable bonds is 2. The van der Waals surface area contributed by atoms with E-state index in [2.05, 4.69) is 18.8 Å². The van der Waals surface area contributed by atoms with Gasteiger partial charge in [0.05, 0.1) is 11.2 Å². The molecule has 19 heavy (non-hydrogen) atoms. The van der Waals surface area contributed by atoms with E-state index < -0.39 is 0 Å². The van der Waals surface area contributed by atoms with Gasteiger partial charge < -0.3 is 10.8 Å². The highest BCUT2D eigenvalue weighted by atomic mass is 16.3. The van der Waals surface area contributed by atoms with Gasteiger partial charge in [0.1, 0.15) is 17.2 Å². The molecule has 4 heteroatoms. The van der Waals surface area contributed by atoms with Crippen molar-refractivity contribution >= 4 is 22.4 Å². The van der Waals surface area contributed by atoms with E-state index in [4.69, 9.17) is 5.73 Å². The summed E-state index contributed by atoms with van der Waals surface area (Å²) in [6.45, 7) is 4.29. The van der Waals surface area contributed by atoms with E-state index >= 15 is 0 Å². The molecule has 0 spiro atoms. The Morgan fingerprint density at radius 3 is 2.79 bits per heavy atom. The molecule has 0 radical (unpaired) electrons. The van der Waals surface area contributed by atoms with Gasteiger partial charge in [-0.05, 0) is 30.5 Å². The van der Waals surface area contributed by atoms with Crippen molar-refractivity contribution in [2.45, 2.75) is 20.3 Å². The van der Waals surface area contributed by atoms with Crippen molar-refractivity contribution in [3.63, 3.8) is 0 Å². The van der Waals surface area contributed by atoms with Gasteiger partial charge in [0.15, 0.2) is 0 Å². The Bertz CT molecular complexity index is 759. The molecule has 1 aromatic carbocycles. The quantitative estimate of drug-likeness (QED) is 0.740. The van der Waals surface area contributed by atoms with Crippen LogP contribution in [0.1, 0.15) is 19.5 Å². The molecule has 3 N–H and O–H groups in total. The van der Waals surface area contributed by atoms with Gasteiger partial charge in [-0.1, -0.05) is 26.0 Å². The number of nitrogen functional groups attached to an aromatic ring is 1. The summed E-state index contributed by atoms with van der Waals surface area (Å²) < 4.78 is 1.97. The fraction of sp³-hybridized carbons (Fsp3) is 0.267. The smallest absolute Gasteiger partial charge is 0.146 e. The molecule has 0 saturated carbocycles. The molecular formula is C15H17N3O. The van der Waals surface area contributed by atoms with E-state index in [1.54, 1.807) is 6.07 Å². The van der Waals surface area contributed by atoms with Gasteiger partial charge in [-0.2, -0.15) is 0 Å². The van der Waals surface area contributed by atoms with Crippen LogP contribution in [-0.2, 0) is 6.42 Å². The zero-order valence-corrected chi connectivity index (χ0v) is 11.1. The van der Waals surface area contributed by atoms with E-state index in [-0.39, 0.29) is 5.75 Å². The molecule has 4 nitrogen and oxygen atoms in total. The minimum Gasteiger partial charge on any atom is -0.506 e. The number of pyridine rings is 1. The monoisotopic (exact) mass is 255 g/mol. The van der Waals surface area contributed by atoms with E-state index in [0.29, 0.717) is 11.7 Å². The first-order valence-corrected chi connectivity index (χ1v) is 6.45. The molecule has 0 atom stereocenters. The van der Waals surface area contributed by atoms with Crippen molar-refractivity contribution in [1.82, 2.24) is 9.38 Å². The highest BCUT2D eigenvalue weighted by Crippen LogP contribution is 2.29. The SMILES string of the molecule is CC(C)Cc1c(N)nc2ccc3cccc(O)c3n12. The lowest BCUT2D eigenvalue weighted by Crippen LogP contribution is -2.03. The van der Waals surface area contributed by atoms with Crippen LogP contribution in [0.2, 0.25) is 0 Å². The second-order valence-corrected chi connectivity index (χ2v) is 5.28. The van der Waals surface area contributed by atoms with Crippen molar-refractivity contribution in [3.8, 4) is 5.75 Å². The molecule has 0 bridgehead atoms. The lowest BCUT2D eigenvalue weighted by molar-refractivity contribution is 0.479. The summed E-state index contributed by atoms with van der Waals surface area (Å²) in [5.74, 6) is 1.28. The van der Waals surface area contributed by atoms with Gasteiger partial charge in [0.2, 0.25) is 0 Å². The Morgan fingerprint density at radius 1 is 1.26 bits per heavy atom. The van der Waals surface area contributed by atoms with Crippen LogP contribution in [0.25, 0.3) is 16.6 Å². The molecule has 3 aromatic rings. The highest BCUT2D eigenvalue weighted by Gasteiger charge is 2.14. The Morgan fingerprint density at radius 2 is 2.05 bits per heavy atom. The molecule has 3 rings (SSSR count). The highest BCUT2D eigenvalue weighted by molar-refractivity contribution is 5.88. The first-order valence-electron chi connectivity index (χ1n) is 6.45. The summed E-state index contributed by atoms with van der Waals surface area (Å²) >= 11 is 0. The molecule has 0 aliphatic rings. The van der Waals surface area contributed by atoms with E-state index in [1.165, 1.54) is 0 Å². The Labute approximate surface area is 111 Å². The maximum Gasteiger partial charge on any atom is 0.146 e. The van der Waals surface area contributed by atoms with Gasteiger partial charge in [-0.3, -0.25) is 4.40 Å². The molecule has 0 unspecified atom stereocenters. The van der Waals surface area contributed by atoms with Gasteiger partial charge in [-0.15, -0.1) is 0 Å². The third-order valence-electron chi connectivity index (χ3n) is 3.31. The maximum atomic E-state index is 10.1. The summed E-state index contributed by atoms with van der Waals surface area (Å²) in [4.78, 5) is 4.39. The predicted octanol–water partition coefficient (Wildman–Crippen LogP) is 2.97. The van der Waals surface area contributed by atoms with E-state index in [0.717, 1.165) is 28.7 Å². The van der Waals surface area contributed by atoms with Crippen molar-refractivity contribution in [3.05, 3.63) is 36.0 Å². The molecule has 2 aromatic heterocycles. The number of nitrogens with two attached hydrogens (primary N) is 1. The maximum absolute atomic E-state index is 10.1. The van der Waals surface area contributed by atoms with E-state index in [9.17, 15) is 5.11 Å². The van der Waals surface area contributed by atoms with Crippen molar-refractivity contribution < 1.29 is 5.11 Å². The van der Waals surface area contributed by atoms with Crippen LogP contribution >= 0.6 is 0 Å². The zero-order valence-electron chi connectivity index (χ0n) is 11.1. The Kier molecular flexibility index (Phi) is 2.59. The normalized spacial score (nSPS) is 11.7. The molecule has 0 amide bonds. The number of phenols is 1. The van der Waals surface area contributed by atoms with Crippen LogP contribution in [0.4, 0.5) is 5.82 Å². The number of benzene rings is 1. The van der Waals surface area contributed by atoms with Crippen LogP contribution in [0.5, 0.6) is 5.75 Å². The number of para-hydroxylation sites is 1. The lowest BCUT2D eigenvalue weighted by Gasteiger charge is -2.09. The number of aromatic hydroxyl groups is 1. The number of aromatic nitrogens is 2. The third-order valence-corrected chi connectivity index (χ3v) is 3.31. The molecule has 98 valence electrons. The first kappa shape index (κ1) is 11.8. The number of hydrogen-bond donors (Lipinski definition) is 2. The average Bonchev–Trinajstić information content (AvgIpc) is 2.66. The molecule has 0 fully saturated rings. The third kappa shape index (κ3) is 1.80. The number of imidazole rings is 1. The van der Waals surface area contributed by atoms with Gasteiger partial charge in [0.25, 0.3) is 0 Å². The van der Waals surface area contributed by atoms with Crippen molar-refractivity contribution in [2.75, 3.05) is 5.73 Å². The van der Waals surface area contributed by atoms with E-state index in [1.807, 2.05) is 28.7 Å². The fourth-order valence-corrected chi connectivity index (χ4v) is 2.53. The second-order valence-electron chi connectivity index (χ2n) is 5.28. The number of fused-ring (bicyclic) bond motifs is 3. The summed E-state index contributed by atoms with van der Waals surface area (Å²) in [6.07, 6.45) is 0.834. The van der Waals surface area contributed by atoms with Crippen molar-refractivity contribution in [1.29, 1.82) is 0 Å². The fourth-order valence-electron chi connectivity index (χ4n) is 2.53. The minimum atomic E-state index is 0.255. The molecule has 0 saturated heterocycles. The lowest BCUT2D eigenvalue weighted by atomic mass is 10.1. The summed E-state index contributed by atoms with van der Waals surface area (Å²) in [5.41, 5.74) is 8.56. The minimum absolute atomic E-state index is 0.255. The van der Waals surface area contributed by atoms with Gasteiger partial charge >= 0.3 is 0 Å². The average molecular weight is 255 g/mol. The summed E-state index contributed by atoms with van der Waals surface area (Å²) in [6, 6.07) is 9.39. The predicted molar refractivity (Wildman–Crippen MR) is 77.3 cm³/mol. The van der Waals surface area contributed by atoms with Crippen LogP contribution in [0.3, 0.4) is 0 Å². The second kappa shape index (κ2) is 4.16. The largest absolute Gasteiger partial charge is 0.506 e. The molecule has 0 aliphatic heterocycles. The van der Waals surface area contributed by atoms with Gasteiger partial charge in [-0.25, -0.2) is 4.98 Å². The van der Waals surface area contributed by atoms with Crippen LogP contribution in [0, 0.1) is 5.92 Å². The number of phenolic OH excluding ortho intramolecular Hbond substituents is 1. The molecular weight excluding hydrogens is 238 g/mol. The van der Waals surface area contributed by atoms with Crippen molar-refractivity contribution in [2.24, 2.45) is 5.92 Å². The Balaban J connectivity index is 2.45. The zero-order chi connectivity index (χ0) is 13.6. The molecule has 0 aliphatic carbocycles. The summed E-state index contributed by atoms with van der Waals surface area (Å²) in [5, 5.41) is 11.1. The summed E-state index contributed by atoms with van der Waals surface area (Å²) in [7, 11) is 0. The van der Waals surface area contributed by atoms with Gasteiger partial charge in [0, 0.05) is 5.39 Å². The standard InChI is InChI=1S/C15H17N3O/c1-9(2)8-11-15(16)17-13-7-6-10-4-3-5-12(19)14(10)18(11)13/h3-7,9,19H,8,16H2,1-2H3. The first-order chi connectivity index (χ1) is 9.08. The number of nitrogens with zero attached hydrogens (tertiary/aromatic N) is 2. The number of hydrogen-bond acceptors (Lipinski definition) is 3. The van der Waals surface area contributed by atoms with Crippen LogP contribution in [0.15, 0.2) is 30.3 Å². The Hall–Kier alpha value is -2.23. The van der Waals surface area contributed by atoms with Crippen LogP contribution in [-0.4, -0.2) is 14.5 Å². The van der Waals surface area contributed by atoms with Crippen LogP contribution < -0.4 is 5.73 Å². The topological polar surface area (TPSA) is 63.5 Å². The number of anilines is 1.